The molecule has 4 atom stereocenters. The molecule has 1 aromatic heterocycles. The van der Waals surface area contributed by atoms with E-state index in [2.05, 4.69) is 26.2 Å². The van der Waals surface area contributed by atoms with Crippen LogP contribution >= 0.6 is 11.6 Å². The minimum atomic E-state index is -0.216. The Hall–Kier alpha value is -3.17. The number of pyridine rings is 1. The average Bonchev–Trinajstić information content (AvgIpc) is 3.58. The van der Waals surface area contributed by atoms with E-state index in [-0.39, 0.29) is 41.4 Å². The first kappa shape index (κ1) is 31.8. The van der Waals surface area contributed by atoms with Gasteiger partial charge in [-0.1, -0.05) is 29.8 Å². The summed E-state index contributed by atoms with van der Waals surface area (Å²) in [5.41, 5.74) is 1.52. The molecule has 9 nitrogen and oxygen atoms in total. The second-order valence-electron chi connectivity index (χ2n) is 13.4. The van der Waals surface area contributed by atoms with Crippen molar-refractivity contribution in [1.82, 2.24) is 25.0 Å². The van der Waals surface area contributed by atoms with Crippen LogP contribution in [0, 0.1) is 23.7 Å². The summed E-state index contributed by atoms with van der Waals surface area (Å²) in [6.07, 6.45) is 6.51. The van der Waals surface area contributed by atoms with Gasteiger partial charge in [-0.25, -0.2) is 4.98 Å². The Morgan fingerprint density at radius 1 is 0.933 bits per heavy atom. The molecule has 3 saturated heterocycles. The van der Waals surface area contributed by atoms with E-state index in [1.807, 2.05) is 23.1 Å². The van der Waals surface area contributed by atoms with E-state index in [0.717, 1.165) is 76.3 Å². The third-order valence-corrected chi connectivity index (χ3v) is 10.6. The van der Waals surface area contributed by atoms with Crippen LogP contribution in [0.3, 0.4) is 0 Å². The maximum atomic E-state index is 13.9. The molecule has 0 saturated carbocycles. The van der Waals surface area contributed by atoms with E-state index in [1.165, 1.54) is 5.56 Å². The first-order chi connectivity index (χ1) is 21.9. The number of nitrogens with zero attached hydrogens (tertiary/aromatic N) is 4. The molecule has 45 heavy (non-hydrogen) atoms. The van der Waals surface area contributed by atoms with Gasteiger partial charge in [-0.3, -0.25) is 19.3 Å². The summed E-state index contributed by atoms with van der Waals surface area (Å²) in [7, 11) is 0. The predicted octanol–water partition coefficient (Wildman–Crippen LogP) is 4.64. The Morgan fingerprint density at radius 2 is 1.78 bits per heavy atom. The molecule has 0 aliphatic carbocycles. The highest BCUT2D eigenvalue weighted by molar-refractivity contribution is 6.30. The molecule has 0 radical (unpaired) electrons. The van der Waals surface area contributed by atoms with Crippen LogP contribution in [-0.2, 0) is 16.1 Å². The molecule has 0 unspecified atom stereocenters. The zero-order chi connectivity index (χ0) is 31.2. The smallest absolute Gasteiger partial charge is 0.270 e. The number of carbonyl (C=O) groups is 3. The molecule has 4 aliphatic heterocycles. The highest BCUT2D eigenvalue weighted by Gasteiger charge is 2.37. The van der Waals surface area contributed by atoms with E-state index >= 15 is 0 Å². The van der Waals surface area contributed by atoms with Gasteiger partial charge in [-0.2, -0.15) is 0 Å². The van der Waals surface area contributed by atoms with Crippen LogP contribution in [0.15, 0.2) is 42.5 Å². The van der Waals surface area contributed by atoms with Crippen molar-refractivity contribution in [3.05, 3.63) is 58.7 Å². The minimum absolute atomic E-state index is 0.173. The third-order valence-electron chi connectivity index (χ3n) is 10.3. The van der Waals surface area contributed by atoms with Crippen LogP contribution in [0.5, 0.6) is 5.88 Å². The first-order valence-corrected chi connectivity index (χ1v) is 17.2. The van der Waals surface area contributed by atoms with Gasteiger partial charge in [0, 0.05) is 69.7 Å². The predicted molar refractivity (Wildman–Crippen MR) is 173 cm³/mol. The second-order valence-corrected chi connectivity index (χ2v) is 13.8. The van der Waals surface area contributed by atoms with E-state index in [9.17, 15) is 14.4 Å². The van der Waals surface area contributed by atoms with E-state index in [4.69, 9.17) is 16.3 Å². The van der Waals surface area contributed by atoms with Crippen LogP contribution in [0.1, 0.15) is 67.4 Å². The summed E-state index contributed by atoms with van der Waals surface area (Å²) in [6, 6.07) is 13.3. The monoisotopic (exact) mass is 635 g/mol. The number of carbonyl (C=O) groups excluding carboxylic acids is 3. The quantitative estimate of drug-likeness (QED) is 0.526. The van der Waals surface area contributed by atoms with Gasteiger partial charge in [-0.15, -0.1) is 0 Å². The van der Waals surface area contributed by atoms with Crippen LogP contribution in [-0.4, -0.2) is 89.8 Å². The maximum Gasteiger partial charge on any atom is 0.270 e. The summed E-state index contributed by atoms with van der Waals surface area (Å²) in [5.74, 6) is 1.58. The number of fused-ring (bicyclic) bond motifs is 5. The van der Waals surface area contributed by atoms with Crippen molar-refractivity contribution in [2.45, 2.75) is 57.9 Å². The second kappa shape index (κ2) is 14.9. The Bertz CT molecular complexity index is 1350. The Morgan fingerprint density at radius 3 is 2.62 bits per heavy atom. The summed E-state index contributed by atoms with van der Waals surface area (Å²) < 4.78 is 6.03. The molecule has 3 fully saturated rings. The maximum absolute atomic E-state index is 13.9. The van der Waals surface area contributed by atoms with Crippen LogP contribution in [0.4, 0.5) is 0 Å². The zero-order valence-electron chi connectivity index (χ0n) is 26.2. The molecule has 1 aromatic carbocycles. The van der Waals surface area contributed by atoms with E-state index in [0.29, 0.717) is 50.7 Å². The number of likely N-dealkylation sites (tertiary alicyclic amines) is 2. The topological polar surface area (TPSA) is 95.1 Å². The van der Waals surface area contributed by atoms with Gasteiger partial charge in [-0.05, 0) is 92.5 Å². The normalized spacial score (nSPS) is 26.9. The molecule has 5 heterocycles. The fourth-order valence-electron chi connectivity index (χ4n) is 7.76. The largest absolute Gasteiger partial charge is 0.478 e. The van der Waals surface area contributed by atoms with E-state index < -0.39 is 0 Å². The molecular formula is C35H46ClN5O4. The molecule has 4 bridgehead atoms. The summed E-state index contributed by atoms with van der Waals surface area (Å²) >= 11 is 6.26. The molecule has 2 aromatic rings. The van der Waals surface area contributed by atoms with Gasteiger partial charge in [0.1, 0.15) is 5.69 Å². The first-order valence-electron chi connectivity index (χ1n) is 16.8. The molecule has 1 N–H and O–H groups in total. The molecule has 3 amide bonds. The molecule has 10 heteroatoms. The lowest BCUT2D eigenvalue weighted by Crippen LogP contribution is -2.47. The molecular weight excluding hydrogens is 590 g/mol. The van der Waals surface area contributed by atoms with Gasteiger partial charge in [0.05, 0.1) is 6.61 Å². The summed E-state index contributed by atoms with van der Waals surface area (Å²) in [6.45, 7) is 6.62. The van der Waals surface area contributed by atoms with Crippen LogP contribution in [0.2, 0.25) is 5.02 Å². The summed E-state index contributed by atoms with van der Waals surface area (Å²) in [4.78, 5) is 51.0. The number of nitrogens with one attached hydrogen (secondary N) is 1. The lowest BCUT2D eigenvalue weighted by molar-refractivity contribution is -0.137. The van der Waals surface area contributed by atoms with Crippen molar-refractivity contribution in [2.24, 2.45) is 23.7 Å². The highest BCUT2D eigenvalue weighted by atomic mass is 35.5. The standard InChI is InChI=1S/C35H46ClN5O4/c36-30-6-3-5-25(19-30)22-39-16-10-26-21-34(43)41-17-11-27(20-33(42)40-14-1-2-15-40)29(24-41)12-18-45-32-8-4-7-31(38-32)35(44)37-13-9-28(26)23-39/h3-8,19,26-29H,1-2,9-18,20-24H2,(H,37,44)/t26-,27-,28-,29-/m0/s1. The molecule has 242 valence electrons. The number of hydrogen-bond acceptors (Lipinski definition) is 6. The lowest BCUT2D eigenvalue weighted by atomic mass is 9.79. The molecule has 6 rings (SSSR count). The van der Waals surface area contributed by atoms with Crippen molar-refractivity contribution < 1.29 is 19.1 Å². The third kappa shape index (κ3) is 8.36. The number of rotatable bonds is 4. The van der Waals surface area contributed by atoms with Gasteiger partial charge >= 0.3 is 0 Å². The summed E-state index contributed by atoms with van der Waals surface area (Å²) in [5, 5.41) is 3.80. The SMILES string of the molecule is O=C1NCC[C@H]2CN(Cc3cccc(Cl)c3)CC[C@H]2CC(=O)N2CC[C@@H](CC(=O)N3CCCC3)[C@@H](CCOc3cccc1n3)C2. The molecule has 0 spiro atoms. The Kier molecular flexibility index (Phi) is 10.6. The number of aromatic nitrogens is 1. The van der Waals surface area contributed by atoms with Crippen LogP contribution in [0.25, 0.3) is 0 Å². The highest BCUT2D eigenvalue weighted by Crippen LogP contribution is 2.34. The van der Waals surface area contributed by atoms with Crippen molar-refractivity contribution in [3.8, 4) is 5.88 Å². The fourth-order valence-corrected chi connectivity index (χ4v) is 7.98. The van der Waals surface area contributed by atoms with Gasteiger partial charge < -0.3 is 19.9 Å². The Labute approximate surface area is 271 Å². The average molecular weight is 636 g/mol. The lowest BCUT2D eigenvalue weighted by Gasteiger charge is -2.42. The van der Waals surface area contributed by atoms with E-state index in [1.54, 1.807) is 18.2 Å². The van der Waals surface area contributed by atoms with Gasteiger partial charge in [0.2, 0.25) is 17.7 Å². The van der Waals surface area contributed by atoms with Gasteiger partial charge in [0.15, 0.2) is 0 Å². The number of benzene rings is 1. The minimum Gasteiger partial charge on any atom is -0.478 e. The van der Waals surface area contributed by atoms with Crippen molar-refractivity contribution in [2.75, 3.05) is 52.4 Å². The number of amides is 3. The van der Waals surface area contributed by atoms with Crippen LogP contribution < -0.4 is 10.1 Å². The number of halogens is 1. The number of piperidine rings is 2. The molecule has 4 aliphatic rings. The number of ether oxygens (including phenoxy) is 1. The number of hydrogen-bond donors (Lipinski definition) is 1. The van der Waals surface area contributed by atoms with Gasteiger partial charge in [0.25, 0.3) is 5.91 Å². The van der Waals surface area contributed by atoms with Crippen molar-refractivity contribution >= 4 is 29.3 Å². The Balaban J connectivity index is 1.18. The fraction of sp³-hybridized carbons (Fsp3) is 0.600. The van der Waals surface area contributed by atoms with Crippen molar-refractivity contribution in [3.63, 3.8) is 0 Å². The zero-order valence-corrected chi connectivity index (χ0v) is 26.9. The van der Waals surface area contributed by atoms with Crippen molar-refractivity contribution in [1.29, 1.82) is 0 Å².